The molecule has 21 heavy (non-hydrogen) atoms. The van der Waals surface area contributed by atoms with E-state index in [0.717, 1.165) is 25.7 Å². The quantitative estimate of drug-likeness (QED) is 0.791. The molecule has 0 aliphatic heterocycles. The molecule has 1 aromatic carbocycles. The van der Waals surface area contributed by atoms with Crippen LogP contribution in [0.4, 0.5) is 0 Å². The van der Waals surface area contributed by atoms with Crippen molar-refractivity contribution in [3.05, 3.63) is 27.7 Å². The van der Waals surface area contributed by atoms with E-state index in [-0.39, 0.29) is 16.3 Å². The molecule has 1 saturated carbocycles. The van der Waals surface area contributed by atoms with Gasteiger partial charge < -0.3 is 5.32 Å². The van der Waals surface area contributed by atoms with Gasteiger partial charge in [0.05, 0.1) is 4.90 Å². The van der Waals surface area contributed by atoms with Gasteiger partial charge in [-0.25, -0.2) is 8.42 Å². The zero-order valence-corrected chi connectivity index (χ0v) is 15.0. The second-order valence-electron chi connectivity index (χ2n) is 5.46. The summed E-state index contributed by atoms with van der Waals surface area (Å²) in [5.74, 6) is -0.253. The van der Waals surface area contributed by atoms with Crippen LogP contribution < -0.4 is 5.32 Å². The Balaban J connectivity index is 2.39. The fourth-order valence-electron chi connectivity index (χ4n) is 2.51. The summed E-state index contributed by atoms with van der Waals surface area (Å²) in [6.07, 6.45) is 3.89. The van der Waals surface area contributed by atoms with Crippen molar-refractivity contribution in [2.45, 2.75) is 50.0 Å². The minimum absolute atomic E-state index is 0.0778. The van der Waals surface area contributed by atoms with Crippen LogP contribution in [0.3, 0.4) is 0 Å². The highest BCUT2D eigenvalue weighted by molar-refractivity contribution is 9.10. The molecule has 0 heterocycles. The number of hydrogen-bond donors (Lipinski definition) is 1. The van der Waals surface area contributed by atoms with Crippen molar-refractivity contribution in [1.29, 1.82) is 0 Å². The Morgan fingerprint density at radius 1 is 1.43 bits per heavy atom. The number of carbonyl (C=O) groups is 1. The Hall–Kier alpha value is -0.590. The van der Waals surface area contributed by atoms with E-state index in [1.165, 1.54) is 12.1 Å². The van der Waals surface area contributed by atoms with Gasteiger partial charge in [-0.2, -0.15) is 0 Å². The third kappa shape index (κ3) is 3.43. The van der Waals surface area contributed by atoms with Crippen molar-refractivity contribution in [2.75, 3.05) is 0 Å². The monoisotopic (exact) mass is 393 g/mol. The van der Waals surface area contributed by atoms with Gasteiger partial charge in [0.1, 0.15) is 0 Å². The Kier molecular flexibility index (Phi) is 4.71. The summed E-state index contributed by atoms with van der Waals surface area (Å²) < 4.78 is 23.5. The van der Waals surface area contributed by atoms with Crippen LogP contribution in [-0.2, 0) is 9.05 Å². The summed E-state index contributed by atoms with van der Waals surface area (Å²) in [5.41, 5.74) is 0.886. The Bertz CT molecular complexity index is 678. The largest absolute Gasteiger partial charge is 0.347 e. The lowest BCUT2D eigenvalue weighted by Crippen LogP contribution is -2.53. The third-order valence-electron chi connectivity index (χ3n) is 4.21. The van der Waals surface area contributed by atoms with Crippen molar-refractivity contribution in [3.63, 3.8) is 0 Å². The number of halogens is 2. The van der Waals surface area contributed by atoms with Crippen molar-refractivity contribution < 1.29 is 13.2 Å². The molecule has 1 N–H and O–H groups in total. The average Bonchev–Trinajstić information content (AvgIpc) is 2.35. The van der Waals surface area contributed by atoms with E-state index in [1.54, 1.807) is 6.92 Å². The number of rotatable bonds is 4. The molecule has 4 nitrogen and oxygen atoms in total. The second-order valence-corrected chi connectivity index (χ2v) is 8.88. The van der Waals surface area contributed by atoms with E-state index in [4.69, 9.17) is 10.7 Å². The minimum Gasteiger partial charge on any atom is -0.347 e. The molecule has 0 bridgehead atoms. The van der Waals surface area contributed by atoms with Crippen LogP contribution in [-0.4, -0.2) is 19.9 Å². The number of benzene rings is 1. The summed E-state index contributed by atoms with van der Waals surface area (Å²) >= 11 is 3.28. The highest BCUT2D eigenvalue weighted by Gasteiger charge is 2.37. The van der Waals surface area contributed by atoms with Gasteiger partial charge in [0, 0.05) is 26.3 Å². The van der Waals surface area contributed by atoms with Gasteiger partial charge >= 0.3 is 0 Å². The molecule has 1 aliphatic carbocycles. The highest BCUT2D eigenvalue weighted by Crippen LogP contribution is 2.35. The lowest BCUT2D eigenvalue weighted by molar-refractivity contribution is 0.0819. The number of carbonyl (C=O) groups excluding carboxylic acids is 1. The standard InChI is InChI=1S/C14H17BrClNO3S/c1-3-14(5-4-6-14)17-13(18)11-7-10(21(16,19)20)8-12(15)9(11)2/h7-8H,3-6H2,1-2H3,(H,17,18). The summed E-state index contributed by atoms with van der Waals surface area (Å²) in [6, 6.07) is 2.74. The third-order valence-corrected chi connectivity index (χ3v) is 6.37. The van der Waals surface area contributed by atoms with Crippen molar-refractivity contribution in [3.8, 4) is 0 Å². The van der Waals surface area contributed by atoms with E-state index in [0.29, 0.717) is 15.6 Å². The summed E-state index contributed by atoms with van der Waals surface area (Å²) in [5, 5.41) is 3.04. The topological polar surface area (TPSA) is 63.2 Å². The van der Waals surface area contributed by atoms with Crippen molar-refractivity contribution >= 4 is 41.6 Å². The Labute approximate surface area is 137 Å². The van der Waals surface area contributed by atoms with Gasteiger partial charge in [-0.3, -0.25) is 4.79 Å². The average molecular weight is 395 g/mol. The molecule has 0 saturated heterocycles. The predicted molar refractivity (Wildman–Crippen MR) is 86.3 cm³/mol. The lowest BCUT2D eigenvalue weighted by atomic mass is 9.74. The molecule has 1 fully saturated rings. The van der Waals surface area contributed by atoms with Crippen LogP contribution in [0, 0.1) is 6.92 Å². The Morgan fingerprint density at radius 3 is 2.48 bits per heavy atom. The predicted octanol–water partition coefficient (Wildman–Crippen LogP) is 3.75. The first kappa shape index (κ1) is 16.8. The maximum atomic E-state index is 12.5. The lowest BCUT2D eigenvalue weighted by Gasteiger charge is -2.42. The smallest absolute Gasteiger partial charge is 0.261 e. The molecule has 0 atom stereocenters. The molecule has 0 unspecified atom stereocenters. The van der Waals surface area contributed by atoms with Gasteiger partial charge in [-0.05, 0) is 50.3 Å². The molecule has 1 amide bonds. The Morgan fingerprint density at radius 2 is 2.05 bits per heavy atom. The molecule has 0 spiro atoms. The van der Waals surface area contributed by atoms with E-state index in [1.807, 2.05) is 6.92 Å². The molecular weight excluding hydrogens is 378 g/mol. The number of nitrogens with one attached hydrogen (secondary N) is 1. The molecular formula is C14H17BrClNO3S. The van der Waals surface area contributed by atoms with Crippen molar-refractivity contribution in [2.24, 2.45) is 0 Å². The first-order valence-corrected chi connectivity index (χ1v) is 9.86. The molecule has 0 aromatic heterocycles. The minimum atomic E-state index is -3.88. The van der Waals surface area contributed by atoms with Gasteiger partial charge in [0.2, 0.25) is 0 Å². The first-order chi connectivity index (χ1) is 9.68. The van der Waals surface area contributed by atoms with Crippen LogP contribution in [0.2, 0.25) is 0 Å². The molecule has 1 aromatic rings. The maximum absolute atomic E-state index is 12.5. The molecule has 7 heteroatoms. The fourth-order valence-corrected chi connectivity index (χ4v) is 3.91. The molecule has 0 radical (unpaired) electrons. The fraction of sp³-hybridized carbons (Fsp3) is 0.500. The van der Waals surface area contributed by atoms with Crippen LogP contribution in [0.1, 0.15) is 48.5 Å². The first-order valence-electron chi connectivity index (χ1n) is 6.76. The molecule has 1 aliphatic rings. The summed E-state index contributed by atoms with van der Waals surface area (Å²) in [7, 11) is 1.50. The highest BCUT2D eigenvalue weighted by atomic mass is 79.9. The zero-order chi connectivity index (χ0) is 15.8. The van der Waals surface area contributed by atoms with Crippen LogP contribution in [0.5, 0.6) is 0 Å². The van der Waals surface area contributed by atoms with Crippen LogP contribution >= 0.6 is 26.6 Å². The van der Waals surface area contributed by atoms with E-state index in [2.05, 4.69) is 21.2 Å². The zero-order valence-electron chi connectivity index (χ0n) is 11.9. The van der Waals surface area contributed by atoms with Crippen molar-refractivity contribution in [1.82, 2.24) is 5.32 Å². The molecule has 2 rings (SSSR count). The number of hydrogen-bond acceptors (Lipinski definition) is 3. The second kappa shape index (κ2) is 5.89. The van der Waals surface area contributed by atoms with E-state index >= 15 is 0 Å². The summed E-state index contributed by atoms with van der Waals surface area (Å²) in [4.78, 5) is 12.4. The van der Waals surface area contributed by atoms with Gasteiger partial charge in [0.25, 0.3) is 15.0 Å². The SMILES string of the molecule is CCC1(NC(=O)c2cc(S(=O)(=O)Cl)cc(Br)c2C)CCC1. The van der Waals surface area contributed by atoms with E-state index in [9.17, 15) is 13.2 Å². The summed E-state index contributed by atoms with van der Waals surface area (Å²) in [6.45, 7) is 3.81. The van der Waals surface area contributed by atoms with Crippen LogP contribution in [0.25, 0.3) is 0 Å². The maximum Gasteiger partial charge on any atom is 0.261 e. The van der Waals surface area contributed by atoms with Crippen LogP contribution in [0.15, 0.2) is 21.5 Å². The van der Waals surface area contributed by atoms with Gasteiger partial charge in [0.15, 0.2) is 0 Å². The van der Waals surface area contributed by atoms with E-state index < -0.39 is 9.05 Å². The molecule has 116 valence electrons. The normalized spacial score (nSPS) is 17.1. The van der Waals surface area contributed by atoms with Gasteiger partial charge in [-0.1, -0.05) is 22.9 Å². The number of amides is 1. The van der Waals surface area contributed by atoms with Gasteiger partial charge in [-0.15, -0.1) is 0 Å².